The van der Waals surface area contributed by atoms with Gasteiger partial charge in [-0.15, -0.1) is 11.3 Å². The molecule has 90 valence electrons. The third-order valence-electron chi connectivity index (χ3n) is 3.77. The fraction of sp³-hybridized carbons (Fsp3) is 0.467. The second-order valence-corrected chi connectivity index (χ2v) is 6.01. The molecule has 0 saturated heterocycles. The van der Waals surface area contributed by atoms with Gasteiger partial charge in [0.05, 0.1) is 0 Å². The monoisotopic (exact) mass is 245 g/mol. The molecule has 1 saturated carbocycles. The van der Waals surface area contributed by atoms with Crippen molar-refractivity contribution in [2.75, 3.05) is 11.9 Å². The summed E-state index contributed by atoms with van der Waals surface area (Å²) in [5.41, 5.74) is 1.28. The third-order valence-corrected chi connectivity index (χ3v) is 4.67. The fourth-order valence-electron chi connectivity index (χ4n) is 2.73. The minimum absolute atomic E-state index is 0.891. The smallest absolute Gasteiger partial charge is 0.0347 e. The predicted molar refractivity (Wildman–Crippen MR) is 76.9 cm³/mol. The number of fused-ring (bicyclic) bond motifs is 1. The highest BCUT2D eigenvalue weighted by Gasteiger charge is 2.12. The van der Waals surface area contributed by atoms with Crippen molar-refractivity contribution >= 4 is 27.1 Å². The van der Waals surface area contributed by atoms with Crippen LogP contribution < -0.4 is 5.32 Å². The van der Waals surface area contributed by atoms with Crippen molar-refractivity contribution in [1.82, 2.24) is 0 Å². The molecule has 1 fully saturated rings. The highest BCUT2D eigenvalue weighted by atomic mass is 32.1. The summed E-state index contributed by atoms with van der Waals surface area (Å²) in [4.78, 5) is 0. The molecule has 1 N–H and O–H groups in total. The molecule has 3 rings (SSSR count). The lowest BCUT2D eigenvalue weighted by atomic mass is 9.89. The van der Waals surface area contributed by atoms with Crippen LogP contribution in [0.15, 0.2) is 29.6 Å². The molecule has 1 aromatic carbocycles. The van der Waals surface area contributed by atoms with Crippen molar-refractivity contribution < 1.29 is 0 Å². The fourth-order valence-corrected chi connectivity index (χ4v) is 3.50. The van der Waals surface area contributed by atoms with Crippen LogP contribution in [0.25, 0.3) is 10.1 Å². The Morgan fingerprint density at radius 3 is 2.88 bits per heavy atom. The largest absolute Gasteiger partial charge is 0.385 e. The Labute approximate surface area is 107 Å². The van der Waals surface area contributed by atoms with Crippen LogP contribution in [-0.2, 0) is 0 Å². The predicted octanol–water partition coefficient (Wildman–Crippen LogP) is 4.89. The maximum Gasteiger partial charge on any atom is 0.0347 e. The van der Waals surface area contributed by atoms with Crippen LogP contribution in [0.4, 0.5) is 5.69 Å². The summed E-state index contributed by atoms with van der Waals surface area (Å²) in [7, 11) is 0. The number of hydrogen-bond donors (Lipinski definition) is 1. The molecule has 17 heavy (non-hydrogen) atoms. The van der Waals surface area contributed by atoms with Crippen molar-refractivity contribution in [1.29, 1.82) is 0 Å². The zero-order valence-corrected chi connectivity index (χ0v) is 10.9. The first-order valence-corrected chi connectivity index (χ1v) is 7.51. The first-order valence-electron chi connectivity index (χ1n) is 6.63. The molecule has 2 heteroatoms. The van der Waals surface area contributed by atoms with E-state index in [1.165, 1.54) is 47.9 Å². The number of rotatable bonds is 3. The van der Waals surface area contributed by atoms with Crippen LogP contribution in [-0.4, -0.2) is 6.54 Å². The van der Waals surface area contributed by atoms with Crippen molar-refractivity contribution in [2.24, 2.45) is 5.92 Å². The van der Waals surface area contributed by atoms with Gasteiger partial charge in [-0.3, -0.25) is 0 Å². The highest BCUT2D eigenvalue weighted by molar-refractivity contribution is 7.17. The van der Waals surface area contributed by atoms with E-state index in [-0.39, 0.29) is 0 Å². The summed E-state index contributed by atoms with van der Waals surface area (Å²) in [6, 6.07) is 8.91. The molecule has 0 atom stereocenters. The summed E-state index contributed by atoms with van der Waals surface area (Å²) in [5, 5.41) is 7.13. The average molecular weight is 245 g/mol. The van der Waals surface area contributed by atoms with Crippen molar-refractivity contribution in [3.63, 3.8) is 0 Å². The van der Waals surface area contributed by atoms with E-state index >= 15 is 0 Å². The van der Waals surface area contributed by atoms with Gasteiger partial charge < -0.3 is 5.32 Å². The Morgan fingerprint density at radius 2 is 2.00 bits per heavy atom. The molecular formula is C15H19NS. The van der Waals surface area contributed by atoms with Gasteiger partial charge in [0.25, 0.3) is 0 Å². The maximum absolute atomic E-state index is 3.60. The average Bonchev–Trinajstić information content (AvgIpc) is 2.85. The highest BCUT2D eigenvalue weighted by Crippen LogP contribution is 2.26. The van der Waals surface area contributed by atoms with Gasteiger partial charge in [0.2, 0.25) is 0 Å². The minimum Gasteiger partial charge on any atom is -0.385 e. The lowest BCUT2D eigenvalue weighted by Gasteiger charge is -2.22. The first-order chi connectivity index (χ1) is 8.42. The molecule has 1 aliphatic carbocycles. The molecule has 0 bridgehead atoms. The number of benzene rings is 1. The molecule has 0 spiro atoms. The molecule has 0 radical (unpaired) electrons. The lowest BCUT2D eigenvalue weighted by molar-refractivity contribution is 0.373. The van der Waals surface area contributed by atoms with Crippen LogP contribution in [0.1, 0.15) is 32.1 Å². The van der Waals surface area contributed by atoms with E-state index in [9.17, 15) is 0 Å². The molecule has 0 amide bonds. The maximum atomic E-state index is 3.60. The Hall–Kier alpha value is -1.02. The molecule has 0 aliphatic heterocycles. The first kappa shape index (κ1) is 11.1. The van der Waals surface area contributed by atoms with Crippen LogP contribution in [0.2, 0.25) is 0 Å². The number of anilines is 1. The van der Waals surface area contributed by atoms with Crippen molar-refractivity contribution in [2.45, 2.75) is 32.1 Å². The van der Waals surface area contributed by atoms with Crippen LogP contribution in [0.5, 0.6) is 0 Å². The Balaban J connectivity index is 1.63. The Morgan fingerprint density at radius 1 is 1.12 bits per heavy atom. The van der Waals surface area contributed by atoms with Gasteiger partial charge >= 0.3 is 0 Å². The molecule has 1 aliphatic rings. The summed E-state index contributed by atoms with van der Waals surface area (Å²) in [6.07, 6.45) is 7.12. The SMILES string of the molecule is c1cc2cc(NCC3CCCCC3)ccc2s1. The van der Waals surface area contributed by atoms with E-state index in [2.05, 4.69) is 35.0 Å². The zero-order chi connectivity index (χ0) is 11.5. The number of hydrogen-bond acceptors (Lipinski definition) is 2. The molecule has 1 aromatic heterocycles. The Bertz CT molecular complexity index is 482. The summed E-state index contributed by atoms with van der Waals surface area (Å²) in [5.74, 6) is 0.891. The van der Waals surface area contributed by atoms with Gasteiger partial charge in [-0.05, 0) is 53.8 Å². The van der Waals surface area contributed by atoms with Crippen molar-refractivity contribution in [3.05, 3.63) is 29.6 Å². The van der Waals surface area contributed by atoms with Crippen LogP contribution in [0, 0.1) is 5.92 Å². The van der Waals surface area contributed by atoms with Crippen molar-refractivity contribution in [3.8, 4) is 0 Å². The number of nitrogens with one attached hydrogen (secondary N) is 1. The lowest BCUT2D eigenvalue weighted by Crippen LogP contribution is -2.16. The molecule has 0 unspecified atom stereocenters. The number of thiophene rings is 1. The van der Waals surface area contributed by atoms with E-state index < -0.39 is 0 Å². The standard InChI is InChI=1S/C15H19NS/c1-2-4-12(5-3-1)11-16-14-6-7-15-13(10-14)8-9-17-15/h6-10,12,16H,1-5,11H2. The van der Waals surface area contributed by atoms with E-state index in [1.807, 2.05) is 11.3 Å². The van der Waals surface area contributed by atoms with Gasteiger partial charge in [-0.1, -0.05) is 19.3 Å². The second kappa shape index (κ2) is 5.09. The van der Waals surface area contributed by atoms with Crippen LogP contribution in [0.3, 0.4) is 0 Å². The van der Waals surface area contributed by atoms with Gasteiger partial charge in [0.1, 0.15) is 0 Å². The Kier molecular flexibility index (Phi) is 3.32. The normalized spacial score (nSPS) is 17.4. The molecule has 1 nitrogen and oxygen atoms in total. The van der Waals surface area contributed by atoms with E-state index in [1.54, 1.807) is 0 Å². The van der Waals surface area contributed by atoms with E-state index in [4.69, 9.17) is 0 Å². The quantitative estimate of drug-likeness (QED) is 0.811. The third kappa shape index (κ3) is 2.63. The minimum atomic E-state index is 0.891. The second-order valence-electron chi connectivity index (χ2n) is 5.06. The van der Waals surface area contributed by atoms with Gasteiger partial charge in [-0.2, -0.15) is 0 Å². The van der Waals surface area contributed by atoms with Gasteiger partial charge in [-0.25, -0.2) is 0 Å². The molecular weight excluding hydrogens is 226 g/mol. The van der Waals surface area contributed by atoms with Crippen LogP contribution >= 0.6 is 11.3 Å². The van der Waals surface area contributed by atoms with E-state index in [0.717, 1.165) is 12.5 Å². The summed E-state index contributed by atoms with van der Waals surface area (Å²) in [6.45, 7) is 1.15. The van der Waals surface area contributed by atoms with Gasteiger partial charge in [0, 0.05) is 16.9 Å². The zero-order valence-electron chi connectivity index (χ0n) is 10.1. The summed E-state index contributed by atoms with van der Waals surface area (Å²) < 4.78 is 1.38. The molecule has 2 aromatic rings. The van der Waals surface area contributed by atoms with Gasteiger partial charge in [0.15, 0.2) is 0 Å². The van der Waals surface area contributed by atoms with E-state index in [0.29, 0.717) is 0 Å². The molecule has 1 heterocycles. The summed E-state index contributed by atoms with van der Waals surface area (Å²) >= 11 is 1.81. The topological polar surface area (TPSA) is 12.0 Å².